The van der Waals surface area contributed by atoms with Crippen molar-refractivity contribution in [3.8, 4) is 0 Å². The van der Waals surface area contributed by atoms with E-state index in [2.05, 4.69) is 25.1 Å². The van der Waals surface area contributed by atoms with E-state index in [0.717, 1.165) is 12.8 Å². The first-order valence-corrected chi connectivity index (χ1v) is 3.96. The highest BCUT2D eigenvalue weighted by molar-refractivity contribution is 5.22. The number of hydrogen-bond donors (Lipinski definition) is 0. The van der Waals surface area contributed by atoms with E-state index in [1.807, 2.05) is 6.07 Å². The number of benzene rings is 1. The lowest BCUT2D eigenvalue weighted by Gasteiger charge is -1.99. The Hall–Kier alpha value is -0.820. The molecular weight excluding hydrogens is 136 g/mol. The first-order valence-electron chi connectivity index (χ1n) is 3.96. The highest BCUT2D eigenvalue weighted by Crippen LogP contribution is 2.05. The van der Waals surface area contributed by atoms with Gasteiger partial charge in [-0.15, -0.1) is 0 Å². The van der Waals surface area contributed by atoms with Gasteiger partial charge in [-0.25, -0.2) is 5.11 Å². The lowest BCUT2D eigenvalue weighted by atomic mass is 10.1. The highest BCUT2D eigenvalue weighted by atomic mass is 16.2. The van der Waals surface area contributed by atoms with Crippen LogP contribution >= 0.6 is 0 Å². The molecule has 0 aromatic heterocycles. The lowest BCUT2D eigenvalue weighted by molar-refractivity contribution is 0.189. The van der Waals surface area contributed by atoms with Crippen LogP contribution in [0.25, 0.3) is 0 Å². The molecule has 1 nitrogen and oxygen atoms in total. The fraction of sp³-hybridized carbons (Fsp3) is 0.400. The van der Waals surface area contributed by atoms with Gasteiger partial charge in [0.1, 0.15) is 0 Å². The molecule has 11 heavy (non-hydrogen) atoms. The van der Waals surface area contributed by atoms with Crippen LogP contribution < -0.4 is 0 Å². The summed E-state index contributed by atoms with van der Waals surface area (Å²) in [7, 11) is 0. The first-order chi connectivity index (χ1) is 5.33. The Morgan fingerprint density at radius 2 is 2.18 bits per heavy atom. The maximum Gasteiger partial charge on any atom is 0.0825 e. The molecule has 0 aliphatic heterocycles. The first kappa shape index (κ1) is 8.28. The lowest BCUT2D eigenvalue weighted by Crippen LogP contribution is -1.88. The standard InChI is InChI=1S/C10H13O/c1-9-4-2-5-10(8-9)6-3-7-11/h2,4-5,8H,3,6-7H2,1H3. The molecule has 0 unspecified atom stereocenters. The zero-order chi connectivity index (χ0) is 8.10. The normalized spacial score (nSPS) is 10.0. The Labute approximate surface area is 67.7 Å². The van der Waals surface area contributed by atoms with Crippen LogP contribution in [0.4, 0.5) is 0 Å². The van der Waals surface area contributed by atoms with Crippen LogP contribution in [-0.4, -0.2) is 6.61 Å². The van der Waals surface area contributed by atoms with E-state index in [4.69, 9.17) is 0 Å². The van der Waals surface area contributed by atoms with Gasteiger partial charge in [0.2, 0.25) is 0 Å². The van der Waals surface area contributed by atoms with Crippen molar-refractivity contribution in [3.05, 3.63) is 35.4 Å². The van der Waals surface area contributed by atoms with Gasteiger partial charge in [-0.05, 0) is 25.3 Å². The molecule has 1 aromatic carbocycles. The molecular formula is C10H13O. The fourth-order valence-electron chi connectivity index (χ4n) is 1.14. The Morgan fingerprint density at radius 1 is 1.36 bits per heavy atom. The topological polar surface area (TPSA) is 19.9 Å². The Kier molecular flexibility index (Phi) is 3.12. The van der Waals surface area contributed by atoms with E-state index >= 15 is 0 Å². The average Bonchev–Trinajstić information content (AvgIpc) is 2.01. The van der Waals surface area contributed by atoms with Crippen LogP contribution in [0.1, 0.15) is 17.5 Å². The third kappa shape index (κ3) is 2.72. The van der Waals surface area contributed by atoms with Crippen molar-refractivity contribution in [2.45, 2.75) is 19.8 Å². The van der Waals surface area contributed by atoms with Crippen LogP contribution in [0.15, 0.2) is 24.3 Å². The molecule has 1 rings (SSSR count). The predicted octanol–water partition coefficient (Wildman–Crippen LogP) is 2.36. The summed E-state index contributed by atoms with van der Waals surface area (Å²) in [6, 6.07) is 8.31. The van der Waals surface area contributed by atoms with E-state index < -0.39 is 0 Å². The SMILES string of the molecule is Cc1cccc(CCC[O])c1. The quantitative estimate of drug-likeness (QED) is 0.628. The molecule has 1 aromatic rings. The van der Waals surface area contributed by atoms with E-state index in [1.165, 1.54) is 11.1 Å². The largest absolute Gasteiger partial charge is 0.237 e. The zero-order valence-electron chi connectivity index (χ0n) is 6.84. The van der Waals surface area contributed by atoms with E-state index in [-0.39, 0.29) is 6.61 Å². The molecule has 0 saturated carbocycles. The summed E-state index contributed by atoms with van der Waals surface area (Å²) in [6.45, 7) is 2.11. The van der Waals surface area contributed by atoms with Crippen LogP contribution in [-0.2, 0) is 11.5 Å². The van der Waals surface area contributed by atoms with Crippen molar-refractivity contribution < 1.29 is 5.11 Å². The molecule has 0 amide bonds. The Morgan fingerprint density at radius 3 is 2.82 bits per heavy atom. The molecule has 0 spiro atoms. The van der Waals surface area contributed by atoms with Crippen molar-refractivity contribution in [2.24, 2.45) is 0 Å². The molecule has 1 heteroatoms. The van der Waals surface area contributed by atoms with Gasteiger partial charge in [-0.3, -0.25) is 0 Å². The van der Waals surface area contributed by atoms with E-state index in [1.54, 1.807) is 0 Å². The molecule has 0 fully saturated rings. The second-order valence-electron chi connectivity index (χ2n) is 2.80. The Bertz CT molecular complexity index is 218. The van der Waals surface area contributed by atoms with E-state index in [9.17, 15) is 5.11 Å². The van der Waals surface area contributed by atoms with Crippen LogP contribution in [0, 0.1) is 6.92 Å². The minimum absolute atomic E-state index is 0.0357. The second-order valence-corrected chi connectivity index (χ2v) is 2.80. The maximum atomic E-state index is 10.2. The number of hydrogen-bond acceptors (Lipinski definition) is 0. The van der Waals surface area contributed by atoms with Crippen molar-refractivity contribution in [3.63, 3.8) is 0 Å². The van der Waals surface area contributed by atoms with Gasteiger partial charge >= 0.3 is 0 Å². The molecule has 0 aliphatic carbocycles. The molecule has 0 heterocycles. The van der Waals surface area contributed by atoms with Crippen LogP contribution in [0.5, 0.6) is 0 Å². The van der Waals surface area contributed by atoms with Crippen LogP contribution in [0.3, 0.4) is 0 Å². The molecule has 0 aliphatic rings. The summed E-state index contributed by atoms with van der Waals surface area (Å²) >= 11 is 0. The second kappa shape index (κ2) is 4.14. The van der Waals surface area contributed by atoms with Crippen LogP contribution in [0.2, 0.25) is 0 Å². The van der Waals surface area contributed by atoms with Crippen molar-refractivity contribution >= 4 is 0 Å². The summed E-state index contributed by atoms with van der Waals surface area (Å²) in [4.78, 5) is 0. The third-order valence-electron chi connectivity index (χ3n) is 1.69. The van der Waals surface area contributed by atoms with Gasteiger partial charge in [0.05, 0.1) is 6.61 Å². The molecule has 0 bridgehead atoms. The number of rotatable bonds is 3. The molecule has 1 radical (unpaired) electrons. The summed E-state index contributed by atoms with van der Waals surface area (Å²) in [5, 5.41) is 10.2. The maximum absolute atomic E-state index is 10.2. The van der Waals surface area contributed by atoms with Crippen molar-refractivity contribution in [1.82, 2.24) is 0 Å². The van der Waals surface area contributed by atoms with Gasteiger partial charge in [0.15, 0.2) is 0 Å². The molecule has 0 saturated heterocycles. The summed E-state index contributed by atoms with van der Waals surface area (Å²) in [5.74, 6) is 0. The predicted molar refractivity (Wildman–Crippen MR) is 45.1 cm³/mol. The monoisotopic (exact) mass is 149 g/mol. The van der Waals surface area contributed by atoms with Gasteiger partial charge in [-0.1, -0.05) is 29.8 Å². The van der Waals surface area contributed by atoms with Gasteiger partial charge in [0.25, 0.3) is 0 Å². The van der Waals surface area contributed by atoms with Gasteiger partial charge < -0.3 is 0 Å². The molecule has 0 N–H and O–H groups in total. The fourth-order valence-corrected chi connectivity index (χ4v) is 1.14. The third-order valence-corrected chi connectivity index (χ3v) is 1.69. The summed E-state index contributed by atoms with van der Waals surface area (Å²) in [6.07, 6.45) is 1.68. The average molecular weight is 149 g/mol. The zero-order valence-corrected chi connectivity index (χ0v) is 6.84. The molecule has 59 valence electrons. The minimum Gasteiger partial charge on any atom is -0.237 e. The highest BCUT2D eigenvalue weighted by Gasteiger charge is 1.91. The minimum atomic E-state index is 0.0357. The van der Waals surface area contributed by atoms with Gasteiger partial charge in [0, 0.05) is 0 Å². The van der Waals surface area contributed by atoms with Crippen molar-refractivity contribution in [2.75, 3.05) is 6.61 Å². The van der Waals surface area contributed by atoms with E-state index in [0.29, 0.717) is 0 Å². The smallest absolute Gasteiger partial charge is 0.0825 e. The summed E-state index contributed by atoms with van der Waals surface area (Å²) in [5.41, 5.74) is 2.55. The van der Waals surface area contributed by atoms with Crippen molar-refractivity contribution in [1.29, 1.82) is 0 Å². The summed E-state index contributed by atoms with van der Waals surface area (Å²) < 4.78 is 0. The molecule has 0 atom stereocenters. The van der Waals surface area contributed by atoms with Gasteiger partial charge in [-0.2, -0.15) is 0 Å². The number of aryl methyl sites for hydroxylation is 2. The Balaban J connectivity index is 2.56.